The molecule has 3 nitrogen and oxygen atoms in total. The highest BCUT2D eigenvalue weighted by molar-refractivity contribution is 5.78. The van der Waals surface area contributed by atoms with Crippen molar-refractivity contribution in [3.8, 4) is 5.75 Å². The van der Waals surface area contributed by atoms with E-state index in [9.17, 15) is 13.6 Å². The second kappa shape index (κ2) is 7.02. The van der Waals surface area contributed by atoms with E-state index in [2.05, 4.69) is 5.32 Å². The van der Waals surface area contributed by atoms with Crippen LogP contribution in [0.5, 0.6) is 5.75 Å². The van der Waals surface area contributed by atoms with Crippen molar-refractivity contribution < 1.29 is 18.3 Å². The van der Waals surface area contributed by atoms with Gasteiger partial charge in [-0.1, -0.05) is 23.8 Å². The van der Waals surface area contributed by atoms with Gasteiger partial charge in [-0.15, -0.1) is 0 Å². The molecule has 0 saturated heterocycles. The van der Waals surface area contributed by atoms with Crippen LogP contribution in [0.3, 0.4) is 0 Å². The van der Waals surface area contributed by atoms with Gasteiger partial charge in [-0.2, -0.15) is 0 Å². The average Bonchev–Trinajstić information content (AvgIpc) is 2.49. The first-order valence-corrected chi connectivity index (χ1v) is 6.89. The summed E-state index contributed by atoms with van der Waals surface area (Å²) in [5, 5.41) is 2.67. The number of hydrogen-bond donors (Lipinski definition) is 1. The molecule has 0 radical (unpaired) electrons. The SMILES string of the molecule is Cc1ccc(OCC(=O)NC(C)c2ccc(F)c(F)c2)cc1. The summed E-state index contributed by atoms with van der Waals surface area (Å²) in [4.78, 5) is 11.8. The fourth-order valence-corrected chi connectivity index (χ4v) is 1.93. The summed E-state index contributed by atoms with van der Waals surface area (Å²) in [5.41, 5.74) is 1.59. The van der Waals surface area contributed by atoms with Crippen LogP contribution in [0.15, 0.2) is 42.5 Å². The highest BCUT2D eigenvalue weighted by Gasteiger charge is 2.12. The third-order valence-corrected chi connectivity index (χ3v) is 3.21. The number of amides is 1. The highest BCUT2D eigenvalue weighted by atomic mass is 19.2. The number of carbonyl (C=O) groups is 1. The Morgan fingerprint density at radius 1 is 1.14 bits per heavy atom. The maximum absolute atomic E-state index is 13.2. The van der Waals surface area contributed by atoms with E-state index in [1.165, 1.54) is 6.07 Å². The van der Waals surface area contributed by atoms with Crippen molar-refractivity contribution in [2.45, 2.75) is 19.9 Å². The predicted molar refractivity (Wildman–Crippen MR) is 79.6 cm³/mol. The molecule has 0 heterocycles. The molecule has 2 rings (SSSR count). The van der Waals surface area contributed by atoms with Crippen molar-refractivity contribution in [3.05, 3.63) is 65.2 Å². The van der Waals surface area contributed by atoms with E-state index in [1.807, 2.05) is 19.1 Å². The molecular weight excluding hydrogens is 288 g/mol. The van der Waals surface area contributed by atoms with Crippen molar-refractivity contribution in [1.82, 2.24) is 5.32 Å². The van der Waals surface area contributed by atoms with Crippen LogP contribution in [0.1, 0.15) is 24.1 Å². The van der Waals surface area contributed by atoms with Gasteiger partial charge in [0.25, 0.3) is 5.91 Å². The van der Waals surface area contributed by atoms with Gasteiger partial charge in [0.05, 0.1) is 6.04 Å². The molecule has 116 valence electrons. The van der Waals surface area contributed by atoms with Gasteiger partial charge in [-0.25, -0.2) is 8.78 Å². The molecule has 0 bridgehead atoms. The molecule has 0 spiro atoms. The summed E-state index contributed by atoms with van der Waals surface area (Å²) in [6.45, 7) is 3.51. The van der Waals surface area contributed by atoms with Crippen LogP contribution in [0, 0.1) is 18.6 Å². The first kappa shape index (κ1) is 15.9. The summed E-state index contributed by atoms with van der Waals surface area (Å²) < 4.78 is 31.4. The Labute approximate surface area is 127 Å². The average molecular weight is 305 g/mol. The topological polar surface area (TPSA) is 38.3 Å². The maximum Gasteiger partial charge on any atom is 0.258 e. The monoisotopic (exact) mass is 305 g/mol. The quantitative estimate of drug-likeness (QED) is 0.917. The fraction of sp³-hybridized carbons (Fsp3) is 0.235. The zero-order chi connectivity index (χ0) is 16.1. The molecule has 0 aliphatic heterocycles. The molecule has 0 aromatic heterocycles. The Bertz CT molecular complexity index is 656. The van der Waals surface area contributed by atoms with Crippen molar-refractivity contribution >= 4 is 5.91 Å². The standard InChI is InChI=1S/C17H17F2NO2/c1-11-3-6-14(7-4-11)22-10-17(21)20-12(2)13-5-8-15(18)16(19)9-13/h3-9,12H,10H2,1-2H3,(H,20,21). The summed E-state index contributed by atoms with van der Waals surface area (Å²) in [6, 6.07) is 10.4. The van der Waals surface area contributed by atoms with E-state index in [-0.39, 0.29) is 12.5 Å². The number of nitrogens with one attached hydrogen (secondary N) is 1. The third kappa shape index (κ3) is 4.28. The van der Waals surface area contributed by atoms with Crippen molar-refractivity contribution in [3.63, 3.8) is 0 Å². The van der Waals surface area contributed by atoms with Crippen LogP contribution in [0.2, 0.25) is 0 Å². The lowest BCUT2D eigenvalue weighted by atomic mass is 10.1. The van der Waals surface area contributed by atoms with Gasteiger partial charge < -0.3 is 10.1 Å². The van der Waals surface area contributed by atoms with Gasteiger partial charge in [0.2, 0.25) is 0 Å². The maximum atomic E-state index is 13.2. The molecule has 1 N–H and O–H groups in total. The summed E-state index contributed by atoms with van der Waals surface area (Å²) in [6.07, 6.45) is 0. The van der Waals surface area contributed by atoms with Crippen LogP contribution in [0.25, 0.3) is 0 Å². The number of benzene rings is 2. The summed E-state index contributed by atoms with van der Waals surface area (Å²) in [7, 11) is 0. The van der Waals surface area contributed by atoms with Crippen LogP contribution in [-0.2, 0) is 4.79 Å². The summed E-state index contributed by atoms with van der Waals surface area (Å²) in [5.74, 6) is -1.58. The first-order chi connectivity index (χ1) is 10.5. The molecule has 1 unspecified atom stereocenters. The second-order valence-corrected chi connectivity index (χ2v) is 5.06. The normalized spacial score (nSPS) is 11.8. The molecule has 2 aromatic carbocycles. The number of carbonyl (C=O) groups excluding carboxylic acids is 1. The van der Waals surface area contributed by atoms with E-state index in [0.29, 0.717) is 11.3 Å². The third-order valence-electron chi connectivity index (χ3n) is 3.21. The summed E-state index contributed by atoms with van der Waals surface area (Å²) >= 11 is 0. The van der Waals surface area contributed by atoms with Crippen LogP contribution in [-0.4, -0.2) is 12.5 Å². The smallest absolute Gasteiger partial charge is 0.258 e. The first-order valence-electron chi connectivity index (χ1n) is 6.89. The number of hydrogen-bond acceptors (Lipinski definition) is 2. The van der Waals surface area contributed by atoms with Gasteiger partial charge in [-0.3, -0.25) is 4.79 Å². The Morgan fingerprint density at radius 2 is 1.82 bits per heavy atom. The molecule has 0 fully saturated rings. The number of rotatable bonds is 5. The van der Waals surface area contributed by atoms with Gasteiger partial charge in [0.15, 0.2) is 18.2 Å². The lowest BCUT2D eigenvalue weighted by Crippen LogP contribution is -2.31. The predicted octanol–water partition coefficient (Wildman–Crippen LogP) is 3.53. The Balaban J connectivity index is 1.88. The van der Waals surface area contributed by atoms with Crippen molar-refractivity contribution in [1.29, 1.82) is 0 Å². The molecular formula is C17H17F2NO2. The molecule has 0 aliphatic carbocycles. The lowest BCUT2D eigenvalue weighted by molar-refractivity contribution is -0.123. The molecule has 22 heavy (non-hydrogen) atoms. The Kier molecular flexibility index (Phi) is 5.09. The highest BCUT2D eigenvalue weighted by Crippen LogP contribution is 2.16. The van der Waals surface area contributed by atoms with Crippen molar-refractivity contribution in [2.75, 3.05) is 6.61 Å². The van der Waals surface area contributed by atoms with Crippen LogP contribution in [0.4, 0.5) is 8.78 Å². The van der Waals surface area contributed by atoms with E-state index in [4.69, 9.17) is 4.74 Å². The molecule has 5 heteroatoms. The molecule has 1 amide bonds. The minimum Gasteiger partial charge on any atom is -0.484 e. The van der Waals surface area contributed by atoms with Gasteiger partial charge in [0, 0.05) is 0 Å². The Hall–Kier alpha value is -2.43. The Morgan fingerprint density at radius 3 is 2.45 bits per heavy atom. The number of ether oxygens (including phenoxy) is 1. The van der Waals surface area contributed by atoms with E-state index in [1.54, 1.807) is 19.1 Å². The van der Waals surface area contributed by atoms with E-state index < -0.39 is 17.7 Å². The largest absolute Gasteiger partial charge is 0.484 e. The molecule has 2 aromatic rings. The van der Waals surface area contributed by atoms with Gasteiger partial charge in [0.1, 0.15) is 5.75 Å². The van der Waals surface area contributed by atoms with E-state index >= 15 is 0 Å². The molecule has 0 aliphatic rings. The van der Waals surface area contributed by atoms with Gasteiger partial charge in [-0.05, 0) is 43.7 Å². The lowest BCUT2D eigenvalue weighted by Gasteiger charge is -2.15. The zero-order valence-electron chi connectivity index (χ0n) is 12.4. The van der Waals surface area contributed by atoms with Crippen LogP contribution >= 0.6 is 0 Å². The van der Waals surface area contributed by atoms with E-state index in [0.717, 1.165) is 17.7 Å². The number of aryl methyl sites for hydroxylation is 1. The van der Waals surface area contributed by atoms with Gasteiger partial charge >= 0.3 is 0 Å². The number of halogens is 2. The zero-order valence-corrected chi connectivity index (χ0v) is 12.4. The molecule has 0 saturated carbocycles. The van der Waals surface area contributed by atoms with Crippen molar-refractivity contribution in [2.24, 2.45) is 0 Å². The second-order valence-electron chi connectivity index (χ2n) is 5.06. The fourth-order valence-electron chi connectivity index (χ4n) is 1.93. The minimum atomic E-state index is -0.936. The molecule has 1 atom stereocenters. The van der Waals surface area contributed by atoms with Crippen LogP contribution < -0.4 is 10.1 Å². The minimum absolute atomic E-state index is 0.142.